The van der Waals surface area contributed by atoms with Crippen LogP contribution in [0, 0.1) is 6.92 Å². The lowest BCUT2D eigenvalue weighted by Crippen LogP contribution is -2.03. The molecule has 0 fully saturated rings. The minimum absolute atomic E-state index is 0.783. The van der Waals surface area contributed by atoms with Crippen LogP contribution >= 0.6 is 0 Å². The van der Waals surface area contributed by atoms with Crippen molar-refractivity contribution < 1.29 is 0 Å². The molecule has 3 rings (SSSR count). The van der Waals surface area contributed by atoms with Crippen LogP contribution in [0.25, 0.3) is 11.4 Å². The summed E-state index contributed by atoms with van der Waals surface area (Å²) in [5, 5.41) is 7.54. The van der Waals surface area contributed by atoms with Crippen molar-refractivity contribution in [3.63, 3.8) is 0 Å². The van der Waals surface area contributed by atoms with Crippen LogP contribution < -0.4 is 5.32 Å². The Morgan fingerprint density at radius 1 is 1.28 bits per heavy atom. The molecular formula is C13H17N5. The fourth-order valence-electron chi connectivity index (χ4n) is 2.58. The quantitative estimate of drug-likeness (QED) is 0.872. The fourth-order valence-corrected chi connectivity index (χ4v) is 2.58. The molecule has 5 heteroatoms. The van der Waals surface area contributed by atoms with Gasteiger partial charge in [0, 0.05) is 31.5 Å². The smallest absolute Gasteiger partial charge is 0.165 e. The van der Waals surface area contributed by atoms with E-state index in [4.69, 9.17) is 4.98 Å². The summed E-state index contributed by atoms with van der Waals surface area (Å²) in [6, 6.07) is 0. The van der Waals surface area contributed by atoms with E-state index in [1.54, 1.807) is 4.68 Å². The van der Waals surface area contributed by atoms with E-state index in [0.717, 1.165) is 35.7 Å². The van der Waals surface area contributed by atoms with E-state index in [0.29, 0.717) is 0 Å². The molecule has 1 aliphatic rings. The van der Waals surface area contributed by atoms with E-state index in [1.165, 1.54) is 17.7 Å². The first-order valence-electron chi connectivity index (χ1n) is 6.27. The van der Waals surface area contributed by atoms with E-state index in [9.17, 15) is 0 Å². The molecule has 0 amide bonds. The van der Waals surface area contributed by atoms with Crippen molar-refractivity contribution >= 4 is 5.82 Å². The van der Waals surface area contributed by atoms with Crippen molar-refractivity contribution in [3.05, 3.63) is 23.1 Å². The molecule has 94 valence electrons. The minimum atomic E-state index is 0.783. The van der Waals surface area contributed by atoms with E-state index < -0.39 is 0 Å². The van der Waals surface area contributed by atoms with Gasteiger partial charge in [-0.3, -0.25) is 4.68 Å². The van der Waals surface area contributed by atoms with Crippen molar-refractivity contribution in [2.45, 2.75) is 26.2 Å². The fraction of sp³-hybridized carbons (Fsp3) is 0.462. The van der Waals surface area contributed by atoms with E-state index in [-0.39, 0.29) is 0 Å². The molecule has 0 aliphatic heterocycles. The monoisotopic (exact) mass is 243 g/mol. The highest BCUT2D eigenvalue weighted by Crippen LogP contribution is 2.29. The maximum absolute atomic E-state index is 4.70. The van der Waals surface area contributed by atoms with Crippen LogP contribution in [0.1, 0.15) is 23.4 Å². The molecule has 5 nitrogen and oxygen atoms in total. The number of hydrogen-bond acceptors (Lipinski definition) is 4. The van der Waals surface area contributed by atoms with Gasteiger partial charge in [0.1, 0.15) is 5.82 Å². The van der Waals surface area contributed by atoms with Gasteiger partial charge in [-0.25, -0.2) is 9.97 Å². The molecule has 1 N–H and O–H groups in total. The molecule has 2 aromatic rings. The Labute approximate surface area is 106 Å². The first-order valence-corrected chi connectivity index (χ1v) is 6.27. The molecule has 1 aliphatic carbocycles. The van der Waals surface area contributed by atoms with Crippen LogP contribution in [0.15, 0.2) is 6.20 Å². The summed E-state index contributed by atoms with van der Waals surface area (Å²) in [6.45, 7) is 1.99. The predicted octanol–water partition coefficient (Wildman–Crippen LogP) is 1.72. The van der Waals surface area contributed by atoms with Gasteiger partial charge in [0.15, 0.2) is 5.82 Å². The van der Waals surface area contributed by atoms with Crippen LogP contribution in [0.4, 0.5) is 5.82 Å². The lowest BCUT2D eigenvalue weighted by Gasteiger charge is -2.08. The second-order valence-corrected chi connectivity index (χ2v) is 4.73. The van der Waals surface area contributed by atoms with Crippen LogP contribution in [0.2, 0.25) is 0 Å². The zero-order valence-corrected chi connectivity index (χ0v) is 11.0. The van der Waals surface area contributed by atoms with Gasteiger partial charge >= 0.3 is 0 Å². The topological polar surface area (TPSA) is 55.6 Å². The van der Waals surface area contributed by atoms with Gasteiger partial charge in [-0.2, -0.15) is 5.10 Å². The summed E-state index contributed by atoms with van der Waals surface area (Å²) in [4.78, 5) is 9.33. The largest absolute Gasteiger partial charge is 0.373 e. The Morgan fingerprint density at radius 2 is 2.11 bits per heavy atom. The highest BCUT2D eigenvalue weighted by atomic mass is 15.3. The lowest BCUT2D eigenvalue weighted by molar-refractivity contribution is 0.756. The standard InChI is InChI=1S/C13H17N5/c1-8-10(7-18(3)17-8)13-15-11-6-4-5-9(11)12(14-2)16-13/h7H,4-6H2,1-3H3,(H,14,15,16). The molecule has 0 spiro atoms. The molecule has 0 saturated carbocycles. The van der Waals surface area contributed by atoms with Gasteiger partial charge in [-0.1, -0.05) is 0 Å². The second-order valence-electron chi connectivity index (χ2n) is 4.73. The number of nitrogens with one attached hydrogen (secondary N) is 1. The van der Waals surface area contributed by atoms with Crippen LogP contribution in [0.5, 0.6) is 0 Å². The van der Waals surface area contributed by atoms with Crippen molar-refractivity contribution in [3.8, 4) is 11.4 Å². The Morgan fingerprint density at radius 3 is 2.78 bits per heavy atom. The maximum atomic E-state index is 4.70. The molecule has 0 aromatic carbocycles. The zero-order chi connectivity index (χ0) is 12.7. The van der Waals surface area contributed by atoms with Crippen molar-refractivity contribution in [1.82, 2.24) is 19.7 Å². The van der Waals surface area contributed by atoms with Crippen molar-refractivity contribution in [2.24, 2.45) is 7.05 Å². The minimum Gasteiger partial charge on any atom is -0.373 e. The highest BCUT2D eigenvalue weighted by Gasteiger charge is 2.20. The molecule has 18 heavy (non-hydrogen) atoms. The number of rotatable bonds is 2. The lowest BCUT2D eigenvalue weighted by atomic mass is 10.2. The Kier molecular flexibility index (Phi) is 2.54. The average Bonchev–Trinajstić information content (AvgIpc) is 2.93. The number of anilines is 1. The summed E-state index contributed by atoms with van der Waals surface area (Å²) in [5.41, 5.74) is 4.46. The van der Waals surface area contributed by atoms with Gasteiger partial charge < -0.3 is 5.32 Å². The highest BCUT2D eigenvalue weighted by molar-refractivity contribution is 5.61. The number of aromatic nitrogens is 4. The first-order chi connectivity index (χ1) is 8.69. The number of fused-ring (bicyclic) bond motifs is 1. The molecule has 2 heterocycles. The van der Waals surface area contributed by atoms with Crippen LogP contribution in [-0.4, -0.2) is 26.8 Å². The third kappa shape index (κ3) is 1.66. The maximum Gasteiger partial charge on any atom is 0.165 e. The summed E-state index contributed by atoms with van der Waals surface area (Å²) >= 11 is 0. The Bertz CT molecular complexity index is 600. The molecule has 0 atom stereocenters. The molecular weight excluding hydrogens is 226 g/mol. The molecule has 2 aromatic heterocycles. The summed E-state index contributed by atoms with van der Waals surface area (Å²) in [7, 11) is 3.84. The first kappa shape index (κ1) is 11.2. The van der Waals surface area contributed by atoms with Gasteiger partial charge in [-0.15, -0.1) is 0 Å². The van der Waals surface area contributed by atoms with E-state index in [1.807, 2.05) is 27.2 Å². The van der Waals surface area contributed by atoms with E-state index >= 15 is 0 Å². The summed E-state index contributed by atoms with van der Waals surface area (Å²) in [5.74, 6) is 1.75. The Balaban J connectivity index is 2.16. The zero-order valence-electron chi connectivity index (χ0n) is 11.0. The number of aryl methyl sites for hydroxylation is 3. The normalized spacial score (nSPS) is 13.7. The second kappa shape index (κ2) is 4.08. The van der Waals surface area contributed by atoms with Gasteiger partial charge in [0.05, 0.1) is 11.3 Å². The number of hydrogen-bond donors (Lipinski definition) is 1. The predicted molar refractivity (Wildman–Crippen MR) is 70.5 cm³/mol. The molecule has 0 saturated heterocycles. The molecule has 0 radical (unpaired) electrons. The molecule has 0 bridgehead atoms. The SMILES string of the molecule is CNc1nc(-c2cn(C)nc2C)nc2c1CCC2. The summed E-state index contributed by atoms with van der Waals surface area (Å²) in [6.07, 6.45) is 5.29. The molecule has 0 unspecified atom stereocenters. The van der Waals surface area contributed by atoms with Crippen molar-refractivity contribution in [2.75, 3.05) is 12.4 Å². The van der Waals surface area contributed by atoms with Crippen LogP contribution in [-0.2, 0) is 19.9 Å². The van der Waals surface area contributed by atoms with Crippen molar-refractivity contribution in [1.29, 1.82) is 0 Å². The Hall–Kier alpha value is -1.91. The average molecular weight is 243 g/mol. The van der Waals surface area contributed by atoms with Crippen LogP contribution in [0.3, 0.4) is 0 Å². The number of nitrogens with zero attached hydrogens (tertiary/aromatic N) is 4. The third-order valence-corrected chi connectivity index (χ3v) is 3.42. The van der Waals surface area contributed by atoms with E-state index in [2.05, 4.69) is 15.4 Å². The third-order valence-electron chi connectivity index (χ3n) is 3.42. The van der Waals surface area contributed by atoms with Gasteiger partial charge in [0.2, 0.25) is 0 Å². The summed E-state index contributed by atoms with van der Waals surface area (Å²) < 4.78 is 1.81. The van der Waals surface area contributed by atoms with Gasteiger partial charge in [-0.05, 0) is 26.2 Å². The van der Waals surface area contributed by atoms with Gasteiger partial charge in [0.25, 0.3) is 0 Å².